The first-order chi connectivity index (χ1) is 5.52. The Balaban J connectivity index is 0.000000261. The van der Waals surface area contributed by atoms with Crippen LogP contribution in [0.3, 0.4) is 0 Å². The predicted octanol–water partition coefficient (Wildman–Crippen LogP) is -1.78. The smallest absolute Gasteiger partial charge is 0.325 e. The fraction of sp³-hybridized carbons (Fsp3) is 0. The van der Waals surface area contributed by atoms with E-state index in [0.29, 0.717) is 0 Å². The molecular formula is C4H8N3O4P. The normalized spacial score (nSPS) is 9.00. The number of aromatic amines is 2. The van der Waals surface area contributed by atoms with Gasteiger partial charge in [0.15, 0.2) is 0 Å². The lowest BCUT2D eigenvalue weighted by Crippen LogP contribution is -2.19. The van der Waals surface area contributed by atoms with Gasteiger partial charge in [-0.25, -0.2) is 4.79 Å². The van der Waals surface area contributed by atoms with Gasteiger partial charge in [0, 0.05) is 12.3 Å². The molecule has 12 heavy (non-hydrogen) atoms. The lowest BCUT2D eigenvalue weighted by molar-refractivity contribution is 0.485. The minimum absolute atomic E-state index is 0.381. The first kappa shape index (κ1) is 11.0. The Morgan fingerprint density at radius 3 is 2.17 bits per heavy atom. The van der Waals surface area contributed by atoms with Crippen LogP contribution in [-0.4, -0.2) is 19.8 Å². The highest BCUT2D eigenvalue weighted by molar-refractivity contribution is 7.42. The maximum absolute atomic E-state index is 10.2. The van der Waals surface area contributed by atoms with Crippen molar-refractivity contribution >= 4 is 8.53 Å². The zero-order valence-electron chi connectivity index (χ0n) is 5.89. The van der Waals surface area contributed by atoms with E-state index in [9.17, 15) is 9.59 Å². The van der Waals surface area contributed by atoms with Crippen molar-refractivity contribution in [2.75, 3.05) is 0 Å². The van der Waals surface area contributed by atoms with Gasteiger partial charge < -0.3 is 14.8 Å². The Labute approximate surface area is 67.9 Å². The molecule has 0 aliphatic carbocycles. The van der Waals surface area contributed by atoms with E-state index in [1.165, 1.54) is 12.3 Å². The number of aromatic nitrogens is 2. The number of hydrogen-bond acceptors (Lipinski definition) is 5. The molecule has 6 N–H and O–H groups in total. The molecule has 8 heteroatoms. The Morgan fingerprint density at radius 2 is 1.92 bits per heavy atom. The summed E-state index contributed by atoms with van der Waals surface area (Å²) < 4.78 is 0. The Kier molecular flexibility index (Phi) is 5.14. The highest BCUT2D eigenvalue weighted by atomic mass is 31.2. The second kappa shape index (κ2) is 5.62. The van der Waals surface area contributed by atoms with E-state index in [1.54, 1.807) is 0 Å². The van der Waals surface area contributed by atoms with Crippen molar-refractivity contribution in [1.29, 1.82) is 0 Å². The molecule has 0 aliphatic rings. The van der Waals surface area contributed by atoms with E-state index in [4.69, 9.17) is 9.79 Å². The number of H-pyrrole nitrogens is 2. The first-order valence-corrected chi connectivity index (χ1v) is 4.04. The molecule has 0 unspecified atom stereocenters. The third-order valence-electron chi connectivity index (χ3n) is 0.686. The summed E-state index contributed by atoms with van der Waals surface area (Å²) in [6, 6.07) is 1.24. The molecule has 0 bridgehead atoms. The van der Waals surface area contributed by atoms with Crippen molar-refractivity contribution in [3.05, 3.63) is 33.1 Å². The van der Waals surface area contributed by atoms with Crippen LogP contribution in [0.25, 0.3) is 0 Å². The molecule has 0 aromatic carbocycles. The van der Waals surface area contributed by atoms with Gasteiger partial charge >= 0.3 is 5.69 Å². The van der Waals surface area contributed by atoms with Gasteiger partial charge in [0.25, 0.3) is 5.56 Å². The molecule has 1 rings (SSSR count). The van der Waals surface area contributed by atoms with Crippen molar-refractivity contribution < 1.29 is 9.79 Å². The summed E-state index contributed by atoms with van der Waals surface area (Å²) in [6.45, 7) is 0. The van der Waals surface area contributed by atoms with E-state index in [2.05, 4.69) is 10.5 Å². The maximum Gasteiger partial charge on any atom is 0.325 e. The lowest BCUT2D eigenvalue weighted by atomic mass is 10.7. The van der Waals surface area contributed by atoms with E-state index in [0.717, 1.165) is 0 Å². The molecule has 1 aromatic rings. The molecule has 0 saturated heterocycles. The van der Waals surface area contributed by atoms with Gasteiger partial charge in [-0.05, 0) is 0 Å². The average Bonchev–Trinajstić information content (AvgIpc) is 1.84. The minimum Gasteiger partial charge on any atom is -0.338 e. The van der Waals surface area contributed by atoms with Crippen LogP contribution in [0.15, 0.2) is 21.9 Å². The molecule has 68 valence electrons. The lowest BCUT2D eigenvalue weighted by Gasteiger charge is -1.79. The van der Waals surface area contributed by atoms with Crippen LogP contribution in [0.2, 0.25) is 0 Å². The molecule has 0 saturated carbocycles. The summed E-state index contributed by atoms with van der Waals surface area (Å²) in [5.41, 5.74) is 3.43. The monoisotopic (exact) mass is 193 g/mol. The summed E-state index contributed by atoms with van der Waals surface area (Å²) in [6.07, 6.45) is 1.29. The molecular weight excluding hydrogens is 185 g/mol. The zero-order valence-corrected chi connectivity index (χ0v) is 6.78. The van der Waals surface area contributed by atoms with Gasteiger partial charge in [-0.15, -0.1) is 0 Å². The zero-order chi connectivity index (χ0) is 9.56. The molecule has 0 aliphatic heterocycles. The SMILES string of the molecule is NP(O)O.O=c1cc[nH]c(=O)[nH]1. The van der Waals surface area contributed by atoms with Crippen LogP contribution in [-0.2, 0) is 0 Å². The Hall–Kier alpha value is -1.01. The molecule has 0 fully saturated rings. The molecule has 1 heterocycles. The van der Waals surface area contributed by atoms with E-state index in [-0.39, 0.29) is 5.56 Å². The standard InChI is InChI=1S/C4H4N2O2.H4NO2P/c7-3-1-2-5-4(8)6-3;1-4(2)3/h1-2H,(H2,5,6,7,8);2-3H,1H2. The van der Waals surface area contributed by atoms with Crippen molar-refractivity contribution in [3.63, 3.8) is 0 Å². The van der Waals surface area contributed by atoms with Crippen LogP contribution in [0.4, 0.5) is 0 Å². The fourth-order valence-electron chi connectivity index (χ4n) is 0.383. The summed E-state index contributed by atoms with van der Waals surface area (Å²) >= 11 is 0. The predicted molar refractivity (Wildman–Crippen MR) is 43.2 cm³/mol. The quantitative estimate of drug-likeness (QED) is 0.311. The number of nitrogens with one attached hydrogen (secondary N) is 2. The first-order valence-electron chi connectivity index (χ1n) is 2.73. The topological polar surface area (TPSA) is 132 Å². The van der Waals surface area contributed by atoms with Gasteiger partial charge in [-0.3, -0.25) is 15.3 Å². The highest BCUT2D eigenvalue weighted by Gasteiger charge is 1.77. The second-order valence-corrected chi connectivity index (χ2v) is 2.26. The number of nitrogens with two attached hydrogens (primary N) is 1. The molecule has 0 amide bonds. The van der Waals surface area contributed by atoms with Gasteiger partial charge in [0.1, 0.15) is 0 Å². The van der Waals surface area contributed by atoms with Crippen LogP contribution in [0.1, 0.15) is 0 Å². The summed E-state index contributed by atoms with van der Waals surface area (Å²) in [4.78, 5) is 39.6. The van der Waals surface area contributed by atoms with E-state index < -0.39 is 14.2 Å². The van der Waals surface area contributed by atoms with Gasteiger partial charge in [0.05, 0.1) is 0 Å². The van der Waals surface area contributed by atoms with Gasteiger partial charge in [-0.1, -0.05) is 0 Å². The van der Waals surface area contributed by atoms with E-state index >= 15 is 0 Å². The molecule has 0 spiro atoms. The van der Waals surface area contributed by atoms with Gasteiger partial charge in [-0.2, -0.15) is 0 Å². The van der Waals surface area contributed by atoms with Crippen LogP contribution < -0.4 is 16.8 Å². The van der Waals surface area contributed by atoms with Gasteiger partial charge in [0.2, 0.25) is 8.53 Å². The Morgan fingerprint density at radius 1 is 1.42 bits per heavy atom. The fourth-order valence-corrected chi connectivity index (χ4v) is 0.383. The second-order valence-electron chi connectivity index (χ2n) is 1.62. The number of rotatable bonds is 0. The third-order valence-corrected chi connectivity index (χ3v) is 0.686. The molecule has 0 radical (unpaired) electrons. The highest BCUT2D eigenvalue weighted by Crippen LogP contribution is 2.05. The third kappa shape index (κ3) is 7.10. The molecule has 7 nitrogen and oxygen atoms in total. The minimum atomic E-state index is -2.12. The van der Waals surface area contributed by atoms with Crippen molar-refractivity contribution in [2.45, 2.75) is 0 Å². The number of hydrogen-bond donors (Lipinski definition) is 5. The maximum atomic E-state index is 10.2. The van der Waals surface area contributed by atoms with Crippen molar-refractivity contribution in [3.8, 4) is 0 Å². The van der Waals surface area contributed by atoms with Crippen molar-refractivity contribution in [1.82, 2.24) is 9.97 Å². The summed E-state index contributed by atoms with van der Waals surface area (Å²) in [5.74, 6) is 0. The summed E-state index contributed by atoms with van der Waals surface area (Å²) in [7, 11) is -2.12. The molecule has 1 aromatic heterocycles. The van der Waals surface area contributed by atoms with Crippen LogP contribution >= 0.6 is 8.53 Å². The van der Waals surface area contributed by atoms with Crippen LogP contribution in [0.5, 0.6) is 0 Å². The van der Waals surface area contributed by atoms with Crippen molar-refractivity contribution in [2.24, 2.45) is 5.50 Å². The molecule has 0 atom stereocenters. The van der Waals surface area contributed by atoms with Crippen LogP contribution in [0, 0.1) is 0 Å². The average molecular weight is 193 g/mol. The van der Waals surface area contributed by atoms with E-state index in [1.807, 2.05) is 4.98 Å². The Bertz CT molecular complexity index is 290. The largest absolute Gasteiger partial charge is 0.338 e. The summed E-state index contributed by atoms with van der Waals surface area (Å²) in [5, 5.41) is 0.